The van der Waals surface area contributed by atoms with Crippen LogP contribution in [0.1, 0.15) is 41.7 Å². The molecule has 156 valence electrons. The third-order valence-corrected chi connectivity index (χ3v) is 6.31. The summed E-state index contributed by atoms with van der Waals surface area (Å²) in [4.78, 5) is 20.4. The van der Waals surface area contributed by atoms with Crippen LogP contribution in [0.15, 0.2) is 54.6 Å². The van der Waals surface area contributed by atoms with Crippen molar-refractivity contribution in [2.24, 2.45) is 0 Å². The second-order valence-corrected chi connectivity index (χ2v) is 8.50. The first-order valence-electron chi connectivity index (χ1n) is 11.1. The lowest BCUT2D eigenvalue weighted by Crippen LogP contribution is -2.37. The molecule has 2 aromatic carbocycles. The molecule has 3 aromatic rings. The molecule has 1 amide bonds. The Balaban J connectivity index is 1.12. The molecule has 0 saturated carbocycles. The van der Waals surface area contributed by atoms with Gasteiger partial charge >= 0.3 is 0 Å². The van der Waals surface area contributed by atoms with Gasteiger partial charge in [-0.3, -0.25) is 9.69 Å². The molecule has 5 nitrogen and oxygen atoms in total. The summed E-state index contributed by atoms with van der Waals surface area (Å²) < 4.78 is 6.20. The Bertz CT molecular complexity index is 964. The maximum absolute atomic E-state index is 12.5. The summed E-state index contributed by atoms with van der Waals surface area (Å²) in [5.74, 6) is 1.01. The van der Waals surface area contributed by atoms with Crippen LogP contribution in [0.3, 0.4) is 0 Å². The maximum Gasteiger partial charge on any atom is 0.253 e. The third kappa shape index (κ3) is 4.21. The van der Waals surface area contributed by atoms with Gasteiger partial charge in [-0.1, -0.05) is 18.2 Å². The smallest absolute Gasteiger partial charge is 0.253 e. The lowest BCUT2D eigenvalue weighted by Gasteiger charge is -2.31. The van der Waals surface area contributed by atoms with Crippen molar-refractivity contribution in [3.8, 4) is 5.75 Å². The number of para-hydroxylation sites is 1. The maximum atomic E-state index is 12.5. The van der Waals surface area contributed by atoms with E-state index in [1.807, 2.05) is 29.2 Å². The molecule has 0 bridgehead atoms. The zero-order valence-electron chi connectivity index (χ0n) is 17.3. The molecule has 5 rings (SSSR count). The molecule has 2 aliphatic heterocycles. The standard InChI is InChI=1S/C25H29N3O2/c29-25(28-13-3-4-14-28)19-7-9-22(10-8-19)30-23-11-15-27(16-12-23)18-21-17-20-5-1-2-6-24(20)26-21/h1-2,5-10,17,23,26H,3-4,11-16,18H2. The highest BCUT2D eigenvalue weighted by Gasteiger charge is 2.22. The number of ether oxygens (including phenoxy) is 1. The van der Waals surface area contributed by atoms with Gasteiger partial charge in [0, 0.05) is 49.5 Å². The molecular formula is C25H29N3O2. The molecule has 0 radical (unpaired) electrons. The van der Waals surface area contributed by atoms with Crippen LogP contribution in [0.5, 0.6) is 5.75 Å². The van der Waals surface area contributed by atoms with Crippen molar-refractivity contribution in [3.63, 3.8) is 0 Å². The van der Waals surface area contributed by atoms with Crippen LogP contribution < -0.4 is 4.74 Å². The summed E-state index contributed by atoms with van der Waals surface area (Å²) in [7, 11) is 0. The Hall–Kier alpha value is -2.79. The highest BCUT2D eigenvalue weighted by molar-refractivity contribution is 5.94. The van der Waals surface area contributed by atoms with Crippen molar-refractivity contribution in [1.82, 2.24) is 14.8 Å². The molecule has 2 fully saturated rings. The van der Waals surface area contributed by atoms with Crippen molar-refractivity contribution in [2.45, 2.75) is 38.3 Å². The lowest BCUT2D eigenvalue weighted by atomic mass is 10.1. The summed E-state index contributed by atoms with van der Waals surface area (Å²) in [6.07, 6.45) is 4.52. The third-order valence-electron chi connectivity index (χ3n) is 6.31. The summed E-state index contributed by atoms with van der Waals surface area (Å²) in [6, 6.07) is 18.4. The number of carbonyl (C=O) groups excluding carboxylic acids is 1. The molecule has 2 aliphatic rings. The highest BCUT2D eigenvalue weighted by Crippen LogP contribution is 2.23. The average Bonchev–Trinajstić information content (AvgIpc) is 3.45. The number of hydrogen-bond donors (Lipinski definition) is 1. The molecule has 0 unspecified atom stereocenters. The highest BCUT2D eigenvalue weighted by atomic mass is 16.5. The Morgan fingerprint density at radius 2 is 1.70 bits per heavy atom. The molecular weight excluding hydrogens is 374 g/mol. The van der Waals surface area contributed by atoms with Crippen LogP contribution in [0.4, 0.5) is 0 Å². The summed E-state index contributed by atoms with van der Waals surface area (Å²) in [6.45, 7) is 4.79. The van der Waals surface area contributed by atoms with Gasteiger partial charge in [0.2, 0.25) is 0 Å². The number of benzene rings is 2. The van der Waals surface area contributed by atoms with Gasteiger partial charge in [0.25, 0.3) is 5.91 Å². The van der Waals surface area contributed by atoms with Gasteiger partial charge in [0.1, 0.15) is 11.9 Å². The SMILES string of the molecule is O=C(c1ccc(OC2CCN(Cc3cc4ccccc4[nH]3)CC2)cc1)N1CCCC1. The predicted octanol–water partition coefficient (Wildman–Crippen LogP) is 4.45. The van der Waals surface area contributed by atoms with E-state index >= 15 is 0 Å². The number of fused-ring (bicyclic) bond motifs is 1. The number of rotatable bonds is 5. The van der Waals surface area contributed by atoms with Gasteiger partial charge < -0.3 is 14.6 Å². The molecule has 5 heteroatoms. The summed E-state index contributed by atoms with van der Waals surface area (Å²) in [5.41, 5.74) is 3.24. The van der Waals surface area contributed by atoms with E-state index in [1.54, 1.807) is 0 Å². The van der Waals surface area contributed by atoms with Crippen LogP contribution in [0.25, 0.3) is 10.9 Å². The Labute approximate surface area is 177 Å². The van der Waals surface area contributed by atoms with E-state index in [9.17, 15) is 4.79 Å². The minimum absolute atomic E-state index is 0.143. The number of nitrogens with zero attached hydrogens (tertiary/aromatic N) is 2. The van der Waals surface area contributed by atoms with Crippen LogP contribution in [-0.4, -0.2) is 53.0 Å². The van der Waals surface area contributed by atoms with Crippen molar-refractivity contribution in [2.75, 3.05) is 26.2 Å². The van der Waals surface area contributed by atoms with E-state index < -0.39 is 0 Å². The normalized spacial score (nSPS) is 18.2. The van der Waals surface area contributed by atoms with E-state index in [4.69, 9.17) is 4.74 Å². The molecule has 0 aliphatic carbocycles. The molecule has 3 heterocycles. The van der Waals surface area contributed by atoms with Gasteiger partial charge in [-0.15, -0.1) is 0 Å². The second kappa shape index (κ2) is 8.52. The fourth-order valence-corrected chi connectivity index (χ4v) is 4.62. The number of aromatic nitrogens is 1. The van der Waals surface area contributed by atoms with Gasteiger partial charge in [-0.2, -0.15) is 0 Å². The zero-order chi connectivity index (χ0) is 20.3. The molecule has 0 spiro atoms. The summed E-state index contributed by atoms with van der Waals surface area (Å²) >= 11 is 0. The Morgan fingerprint density at radius 3 is 2.43 bits per heavy atom. The van der Waals surface area contributed by atoms with Gasteiger partial charge in [0.15, 0.2) is 0 Å². The first kappa shape index (κ1) is 19.2. The van der Waals surface area contributed by atoms with E-state index in [2.05, 4.69) is 40.2 Å². The molecule has 1 N–H and O–H groups in total. The zero-order valence-corrected chi connectivity index (χ0v) is 17.3. The van der Waals surface area contributed by atoms with Crippen molar-refractivity contribution in [3.05, 3.63) is 65.9 Å². The van der Waals surface area contributed by atoms with E-state index in [1.165, 1.54) is 16.6 Å². The Morgan fingerprint density at radius 1 is 0.967 bits per heavy atom. The van der Waals surface area contributed by atoms with Crippen LogP contribution in [0, 0.1) is 0 Å². The summed E-state index contributed by atoms with van der Waals surface area (Å²) in [5, 5.41) is 1.28. The van der Waals surface area contributed by atoms with E-state index in [0.29, 0.717) is 0 Å². The number of nitrogens with one attached hydrogen (secondary N) is 1. The molecule has 2 saturated heterocycles. The Kier molecular flexibility index (Phi) is 5.45. The molecule has 30 heavy (non-hydrogen) atoms. The first-order valence-corrected chi connectivity index (χ1v) is 11.1. The first-order chi connectivity index (χ1) is 14.7. The quantitative estimate of drug-likeness (QED) is 0.685. The van der Waals surface area contributed by atoms with Crippen molar-refractivity contribution >= 4 is 16.8 Å². The fourth-order valence-electron chi connectivity index (χ4n) is 4.62. The van der Waals surface area contributed by atoms with Gasteiger partial charge in [-0.05, 0) is 67.5 Å². The van der Waals surface area contributed by atoms with E-state index in [0.717, 1.165) is 69.7 Å². The number of likely N-dealkylation sites (tertiary alicyclic amines) is 2. The minimum atomic E-state index is 0.143. The van der Waals surface area contributed by atoms with Crippen molar-refractivity contribution in [1.29, 1.82) is 0 Å². The average molecular weight is 404 g/mol. The van der Waals surface area contributed by atoms with Crippen LogP contribution >= 0.6 is 0 Å². The number of amides is 1. The van der Waals surface area contributed by atoms with E-state index in [-0.39, 0.29) is 12.0 Å². The van der Waals surface area contributed by atoms with Crippen LogP contribution in [-0.2, 0) is 6.54 Å². The minimum Gasteiger partial charge on any atom is -0.490 e. The number of H-pyrrole nitrogens is 1. The number of piperidine rings is 1. The second-order valence-electron chi connectivity index (χ2n) is 8.50. The van der Waals surface area contributed by atoms with Crippen molar-refractivity contribution < 1.29 is 9.53 Å². The lowest BCUT2D eigenvalue weighted by molar-refractivity contribution is 0.0792. The van der Waals surface area contributed by atoms with Crippen LogP contribution in [0.2, 0.25) is 0 Å². The monoisotopic (exact) mass is 403 g/mol. The topological polar surface area (TPSA) is 48.6 Å². The molecule has 0 atom stereocenters. The number of hydrogen-bond acceptors (Lipinski definition) is 3. The predicted molar refractivity (Wildman–Crippen MR) is 119 cm³/mol. The fraction of sp³-hybridized carbons (Fsp3) is 0.400. The van der Waals surface area contributed by atoms with Gasteiger partial charge in [-0.25, -0.2) is 0 Å². The number of carbonyl (C=O) groups is 1. The molecule has 1 aromatic heterocycles. The number of aromatic amines is 1. The van der Waals surface area contributed by atoms with Gasteiger partial charge in [0.05, 0.1) is 0 Å². The largest absolute Gasteiger partial charge is 0.490 e.